The van der Waals surface area contributed by atoms with Crippen molar-refractivity contribution in [2.45, 2.75) is 0 Å². The summed E-state index contributed by atoms with van der Waals surface area (Å²) < 4.78 is 15.6. The molecule has 154 valence electrons. The van der Waals surface area contributed by atoms with E-state index in [4.69, 9.17) is 25.8 Å². The van der Waals surface area contributed by atoms with Gasteiger partial charge in [0.1, 0.15) is 11.5 Å². The predicted molar refractivity (Wildman–Crippen MR) is 115 cm³/mol. The number of amides is 1. The number of hydrogen-bond donors (Lipinski definition) is 1. The van der Waals surface area contributed by atoms with E-state index in [0.29, 0.717) is 22.2 Å². The van der Waals surface area contributed by atoms with E-state index in [2.05, 4.69) is 5.32 Å². The summed E-state index contributed by atoms with van der Waals surface area (Å²) >= 11 is 6.02. The highest BCUT2D eigenvalue weighted by Gasteiger charge is 2.12. The third kappa shape index (κ3) is 5.75. The average molecular weight is 426 g/mol. The van der Waals surface area contributed by atoms with Gasteiger partial charge in [-0.05, 0) is 29.8 Å². The van der Waals surface area contributed by atoms with Crippen molar-refractivity contribution in [2.24, 2.45) is 0 Å². The second kappa shape index (κ2) is 10.3. The molecule has 7 heteroatoms. The van der Waals surface area contributed by atoms with Gasteiger partial charge in [0.25, 0.3) is 5.91 Å². The third-order valence-electron chi connectivity index (χ3n) is 4.12. The van der Waals surface area contributed by atoms with Crippen LogP contribution in [-0.2, 0) is 14.3 Å². The SMILES string of the molecule is COc1ccc(NC(=O)COC(=O)COc2ccccc2-c2ccccc2)cc1Cl. The van der Waals surface area contributed by atoms with Gasteiger partial charge in [-0.2, -0.15) is 0 Å². The van der Waals surface area contributed by atoms with Crippen molar-refractivity contribution < 1.29 is 23.8 Å². The molecule has 3 aromatic rings. The summed E-state index contributed by atoms with van der Waals surface area (Å²) in [6.07, 6.45) is 0. The number of rotatable bonds is 8. The summed E-state index contributed by atoms with van der Waals surface area (Å²) in [7, 11) is 1.50. The summed E-state index contributed by atoms with van der Waals surface area (Å²) in [6, 6.07) is 21.9. The van der Waals surface area contributed by atoms with Gasteiger partial charge in [0, 0.05) is 11.3 Å². The van der Waals surface area contributed by atoms with Crippen LogP contribution in [0.3, 0.4) is 0 Å². The van der Waals surface area contributed by atoms with E-state index in [1.807, 2.05) is 48.5 Å². The van der Waals surface area contributed by atoms with E-state index >= 15 is 0 Å². The topological polar surface area (TPSA) is 73.9 Å². The Hall–Kier alpha value is -3.51. The van der Waals surface area contributed by atoms with Gasteiger partial charge in [-0.15, -0.1) is 0 Å². The molecule has 0 atom stereocenters. The van der Waals surface area contributed by atoms with Crippen LogP contribution in [0.25, 0.3) is 11.1 Å². The van der Waals surface area contributed by atoms with Gasteiger partial charge in [0.2, 0.25) is 0 Å². The van der Waals surface area contributed by atoms with E-state index in [1.54, 1.807) is 24.3 Å². The first-order chi connectivity index (χ1) is 14.6. The van der Waals surface area contributed by atoms with E-state index in [9.17, 15) is 9.59 Å². The first-order valence-corrected chi connectivity index (χ1v) is 9.51. The Morgan fingerprint density at radius 1 is 0.900 bits per heavy atom. The summed E-state index contributed by atoms with van der Waals surface area (Å²) in [5.74, 6) is -0.0953. The number of anilines is 1. The maximum absolute atomic E-state index is 12.0. The van der Waals surface area contributed by atoms with Crippen LogP contribution >= 0.6 is 11.6 Å². The largest absolute Gasteiger partial charge is 0.495 e. The molecule has 0 unspecified atom stereocenters. The van der Waals surface area contributed by atoms with Crippen LogP contribution in [0, 0.1) is 0 Å². The number of methoxy groups -OCH3 is 1. The predicted octanol–water partition coefficient (Wildman–Crippen LogP) is 4.58. The molecule has 3 aromatic carbocycles. The van der Waals surface area contributed by atoms with E-state index in [1.165, 1.54) is 7.11 Å². The van der Waals surface area contributed by atoms with Crippen molar-refractivity contribution in [3.8, 4) is 22.6 Å². The highest BCUT2D eigenvalue weighted by molar-refractivity contribution is 6.32. The van der Waals surface area contributed by atoms with Gasteiger partial charge in [-0.1, -0.05) is 60.1 Å². The lowest BCUT2D eigenvalue weighted by atomic mass is 10.1. The molecule has 3 rings (SSSR count). The number of ether oxygens (including phenoxy) is 3. The van der Waals surface area contributed by atoms with Gasteiger partial charge in [-0.25, -0.2) is 4.79 Å². The molecule has 0 aromatic heterocycles. The average Bonchev–Trinajstić information content (AvgIpc) is 2.77. The van der Waals surface area contributed by atoms with Gasteiger partial charge < -0.3 is 19.5 Å². The van der Waals surface area contributed by atoms with Crippen LogP contribution < -0.4 is 14.8 Å². The van der Waals surface area contributed by atoms with Crippen molar-refractivity contribution in [3.63, 3.8) is 0 Å². The highest BCUT2D eigenvalue weighted by Crippen LogP contribution is 2.29. The highest BCUT2D eigenvalue weighted by atomic mass is 35.5. The number of carbonyl (C=O) groups excluding carboxylic acids is 2. The number of hydrogen-bond acceptors (Lipinski definition) is 5. The maximum atomic E-state index is 12.0. The number of nitrogens with one attached hydrogen (secondary N) is 1. The molecule has 0 heterocycles. The lowest BCUT2D eigenvalue weighted by Crippen LogP contribution is -2.23. The lowest BCUT2D eigenvalue weighted by molar-refractivity contribution is -0.149. The van der Waals surface area contributed by atoms with Crippen molar-refractivity contribution in [1.82, 2.24) is 0 Å². The fourth-order valence-corrected chi connectivity index (χ4v) is 2.97. The summed E-state index contributed by atoms with van der Waals surface area (Å²) in [5, 5.41) is 2.96. The zero-order valence-electron chi connectivity index (χ0n) is 16.3. The van der Waals surface area contributed by atoms with Gasteiger partial charge >= 0.3 is 5.97 Å². The zero-order chi connectivity index (χ0) is 21.3. The van der Waals surface area contributed by atoms with Crippen LogP contribution in [0.4, 0.5) is 5.69 Å². The van der Waals surface area contributed by atoms with Crippen LogP contribution in [-0.4, -0.2) is 32.2 Å². The Bertz CT molecular complexity index is 1020. The molecule has 1 N–H and O–H groups in total. The van der Waals surface area contributed by atoms with Crippen molar-refractivity contribution >= 4 is 29.2 Å². The normalized spacial score (nSPS) is 10.2. The quantitative estimate of drug-likeness (QED) is 0.535. The lowest BCUT2D eigenvalue weighted by Gasteiger charge is -2.12. The number of carbonyl (C=O) groups is 2. The van der Waals surface area contributed by atoms with Crippen molar-refractivity contribution in [3.05, 3.63) is 77.8 Å². The molecule has 0 saturated heterocycles. The summed E-state index contributed by atoms with van der Waals surface area (Å²) in [5.41, 5.74) is 2.30. The molecular formula is C23H20ClNO5. The molecule has 0 bridgehead atoms. The molecule has 1 amide bonds. The van der Waals surface area contributed by atoms with Crippen LogP contribution in [0.1, 0.15) is 0 Å². The Labute approximate surface area is 179 Å². The van der Waals surface area contributed by atoms with Crippen molar-refractivity contribution in [2.75, 3.05) is 25.6 Å². The van der Waals surface area contributed by atoms with E-state index < -0.39 is 18.5 Å². The molecule has 30 heavy (non-hydrogen) atoms. The third-order valence-corrected chi connectivity index (χ3v) is 4.41. The van der Waals surface area contributed by atoms with E-state index in [0.717, 1.165) is 11.1 Å². The molecule has 0 radical (unpaired) electrons. The van der Waals surface area contributed by atoms with Crippen LogP contribution in [0.2, 0.25) is 5.02 Å². The minimum atomic E-state index is -0.652. The number of benzene rings is 3. The monoisotopic (exact) mass is 425 g/mol. The Kier molecular flexibility index (Phi) is 7.29. The second-order valence-corrected chi connectivity index (χ2v) is 6.62. The molecular weight excluding hydrogens is 406 g/mol. The Balaban J connectivity index is 1.50. The van der Waals surface area contributed by atoms with Crippen molar-refractivity contribution in [1.29, 1.82) is 0 Å². The Morgan fingerprint density at radius 3 is 2.37 bits per heavy atom. The standard InChI is InChI=1S/C23H20ClNO5/c1-28-21-12-11-17(13-19(21)24)25-22(26)14-30-23(27)15-29-20-10-6-5-9-18(20)16-7-3-2-4-8-16/h2-13H,14-15H2,1H3,(H,25,26). The summed E-state index contributed by atoms with van der Waals surface area (Å²) in [4.78, 5) is 24.0. The minimum absolute atomic E-state index is 0.314. The zero-order valence-corrected chi connectivity index (χ0v) is 17.0. The smallest absolute Gasteiger partial charge is 0.344 e. The molecule has 0 spiro atoms. The maximum Gasteiger partial charge on any atom is 0.344 e. The minimum Gasteiger partial charge on any atom is -0.495 e. The van der Waals surface area contributed by atoms with Gasteiger partial charge in [0.05, 0.1) is 12.1 Å². The molecule has 0 fully saturated rings. The molecule has 0 aliphatic carbocycles. The second-order valence-electron chi connectivity index (χ2n) is 6.21. The van der Waals surface area contributed by atoms with E-state index in [-0.39, 0.29) is 6.61 Å². The fraction of sp³-hybridized carbons (Fsp3) is 0.130. The Morgan fingerprint density at radius 2 is 1.63 bits per heavy atom. The molecule has 0 aliphatic rings. The van der Waals surface area contributed by atoms with Gasteiger partial charge in [0.15, 0.2) is 13.2 Å². The molecule has 0 saturated carbocycles. The number of esters is 1. The molecule has 6 nitrogen and oxygen atoms in total. The fourth-order valence-electron chi connectivity index (χ4n) is 2.71. The summed E-state index contributed by atoms with van der Waals surface area (Å²) in [6.45, 7) is -0.752. The molecule has 0 aliphatic heterocycles. The number of halogens is 1. The first-order valence-electron chi connectivity index (χ1n) is 9.13. The van der Waals surface area contributed by atoms with Gasteiger partial charge in [-0.3, -0.25) is 4.79 Å². The van der Waals surface area contributed by atoms with Crippen LogP contribution in [0.5, 0.6) is 11.5 Å². The van der Waals surface area contributed by atoms with Crippen LogP contribution in [0.15, 0.2) is 72.8 Å². The first kappa shape index (κ1) is 21.2. The number of para-hydroxylation sites is 1.